The van der Waals surface area contributed by atoms with Gasteiger partial charge in [-0.2, -0.15) is 5.10 Å². The highest BCUT2D eigenvalue weighted by molar-refractivity contribution is 7.71. The number of nitrogens with zero attached hydrogens (tertiary/aromatic N) is 2. The van der Waals surface area contributed by atoms with Gasteiger partial charge in [0, 0.05) is 0 Å². The monoisotopic (exact) mass is 362 g/mol. The molecule has 7 nitrogen and oxygen atoms in total. The predicted octanol–water partition coefficient (Wildman–Crippen LogP) is 0.449. The third kappa shape index (κ3) is 4.77. The highest BCUT2D eigenvalue weighted by Crippen LogP contribution is 2.17. The van der Waals surface area contributed by atoms with Crippen LogP contribution in [0, 0.1) is 4.77 Å². The Hall–Kier alpha value is -2.45. The lowest BCUT2D eigenvalue weighted by atomic mass is 10.3. The van der Waals surface area contributed by atoms with Crippen molar-refractivity contribution in [1.29, 1.82) is 0 Å². The van der Waals surface area contributed by atoms with Crippen LogP contribution in [0.2, 0.25) is 0 Å². The molecule has 2 rings (SSSR count). The molecule has 8 heteroatoms. The first-order chi connectivity index (χ1) is 12.1. The van der Waals surface area contributed by atoms with Gasteiger partial charge < -0.3 is 15.4 Å². The molecule has 0 spiro atoms. The van der Waals surface area contributed by atoms with Gasteiger partial charge in [0.2, 0.25) is 5.88 Å². The number of quaternary nitrogens is 1. The van der Waals surface area contributed by atoms with Crippen molar-refractivity contribution < 1.29 is 10.0 Å². The number of para-hydroxylation sites is 1. The molecule has 134 valence electrons. The highest BCUT2D eigenvalue weighted by atomic mass is 32.1. The zero-order valence-electron chi connectivity index (χ0n) is 14.5. The summed E-state index contributed by atoms with van der Waals surface area (Å²) in [6.07, 6.45) is 1.32. The zero-order valence-corrected chi connectivity index (χ0v) is 15.3. The van der Waals surface area contributed by atoms with Gasteiger partial charge in [0.25, 0.3) is 5.56 Å². The van der Waals surface area contributed by atoms with Crippen LogP contribution in [0.4, 0.5) is 0 Å². The Balaban J connectivity index is 2.20. The number of aromatic amines is 1. The van der Waals surface area contributed by atoms with Crippen molar-refractivity contribution in [1.82, 2.24) is 15.0 Å². The maximum Gasteiger partial charge on any atom is 0.264 e. The normalized spacial score (nSPS) is 11.3. The summed E-state index contributed by atoms with van der Waals surface area (Å²) in [6.45, 7) is 8.00. The first-order valence-corrected chi connectivity index (χ1v) is 8.72. The Bertz CT molecular complexity index is 825. The summed E-state index contributed by atoms with van der Waals surface area (Å²) in [4.78, 5) is 16.1. The van der Waals surface area contributed by atoms with Gasteiger partial charge in [-0.15, -0.1) is 0 Å². The number of hydrazone groups is 1. The van der Waals surface area contributed by atoms with E-state index in [-0.39, 0.29) is 16.2 Å². The number of likely N-dealkylation sites (N-methyl/N-ethyl adjacent to an activating group) is 1. The standard InChI is InChI=1S/C17H23N5O2S/c1-3-21(4-2)11-10-18-19-12-14-15(23)20-17(25)22(16(14)24)13-8-6-5-7-9-13/h5-9,12,18,24H,3-4,10-11H2,1-2H3,(H,20,23,25)/p+1/b19-12+. The molecule has 1 aromatic carbocycles. The number of nitrogens with one attached hydrogen (secondary N) is 3. The Labute approximate surface area is 151 Å². The Kier molecular flexibility index (Phi) is 6.91. The van der Waals surface area contributed by atoms with Crippen LogP contribution < -0.4 is 15.9 Å². The van der Waals surface area contributed by atoms with Crippen LogP contribution in [0.3, 0.4) is 0 Å². The van der Waals surface area contributed by atoms with Crippen LogP contribution in [-0.4, -0.2) is 47.1 Å². The minimum absolute atomic E-state index is 0.0557. The quantitative estimate of drug-likeness (QED) is 0.238. The van der Waals surface area contributed by atoms with Crippen molar-refractivity contribution in [2.45, 2.75) is 13.8 Å². The van der Waals surface area contributed by atoms with Gasteiger partial charge in [-0.05, 0) is 38.2 Å². The van der Waals surface area contributed by atoms with Crippen LogP contribution >= 0.6 is 12.2 Å². The number of H-pyrrole nitrogens is 1. The van der Waals surface area contributed by atoms with Crippen LogP contribution in [0.25, 0.3) is 5.69 Å². The minimum atomic E-state index is -0.477. The molecule has 25 heavy (non-hydrogen) atoms. The van der Waals surface area contributed by atoms with Crippen LogP contribution in [-0.2, 0) is 0 Å². The van der Waals surface area contributed by atoms with Crippen molar-refractivity contribution in [3.63, 3.8) is 0 Å². The molecule has 0 aliphatic rings. The lowest BCUT2D eigenvalue weighted by Crippen LogP contribution is -3.12. The summed E-state index contributed by atoms with van der Waals surface area (Å²) >= 11 is 5.16. The molecular formula is C17H24N5O2S+. The van der Waals surface area contributed by atoms with Crippen LogP contribution in [0.5, 0.6) is 5.88 Å². The first-order valence-electron chi connectivity index (χ1n) is 8.31. The molecule has 0 amide bonds. The maximum atomic E-state index is 12.1. The highest BCUT2D eigenvalue weighted by Gasteiger charge is 2.12. The average Bonchev–Trinajstić information content (AvgIpc) is 2.61. The Morgan fingerprint density at radius 3 is 2.64 bits per heavy atom. The summed E-state index contributed by atoms with van der Waals surface area (Å²) in [5, 5.41) is 14.5. The van der Waals surface area contributed by atoms with Gasteiger partial charge in [-0.25, -0.2) is 0 Å². The van der Waals surface area contributed by atoms with E-state index >= 15 is 0 Å². The van der Waals surface area contributed by atoms with Crippen molar-refractivity contribution in [2.75, 3.05) is 26.2 Å². The topological polar surface area (TPSA) is 86.8 Å². The molecule has 0 saturated heterocycles. The lowest BCUT2D eigenvalue weighted by Gasteiger charge is -2.14. The first kappa shape index (κ1) is 18.9. The summed E-state index contributed by atoms with van der Waals surface area (Å²) < 4.78 is 1.53. The van der Waals surface area contributed by atoms with Gasteiger partial charge in [0.15, 0.2) is 4.77 Å². The molecule has 0 aliphatic heterocycles. The van der Waals surface area contributed by atoms with Gasteiger partial charge in [-0.3, -0.25) is 14.3 Å². The molecule has 0 fully saturated rings. The van der Waals surface area contributed by atoms with E-state index in [9.17, 15) is 9.90 Å². The number of hydrogen-bond donors (Lipinski definition) is 4. The molecule has 0 saturated carbocycles. The third-order valence-electron chi connectivity index (χ3n) is 4.01. The van der Waals surface area contributed by atoms with E-state index < -0.39 is 5.56 Å². The van der Waals surface area contributed by atoms with E-state index in [1.165, 1.54) is 15.7 Å². The van der Waals surface area contributed by atoms with E-state index in [0.29, 0.717) is 12.2 Å². The van der Waals surface area contributed by atoms with Gasteiger partial charge in [-0.1, -0.05) is 18.2 Å². The zero-order chi connectivity index (χ0) is 18.2. The molecule has 2 aromatic rings. The van der Waals surface area contributed by atoms with Crippen LogP contribution in [0.1, 0.15) is 19.4 Å². The molecule has 0 radical (unpaired) electrons. The van der Waals surface area contributed by atoms with E-state index in [2.05, 4.69) is 29.4 Å². The van der Waals surface area contributed by atoms with E-state index in [0.717, 1.165) is 19.6 Å². The summed E-state index contributed by atoms with van der Waals surface area (Å²) in [5.41, 5.74) is 3.15. The van der Waals surface area contributed by atoms with E-state index in [1.807, 2.05) is 18.2 Å². The average molecular weight is 362 g/mol. The second-order valence-corrected chi connectivity index (χ2v) is 5.93. The summed E-state index contributed by atoms with van der Waals surface area (Å²) in [6, 6.07) is 9.10. The number of aromatic nitrogens is 2. The second-order valence-electron chi connectivity index (χ2n) is 5.54. The number of aromatic hydroxyl groups is 1. The van der Waals surface area contributed by atoms with Crippen molar-refractivity contribution >= 4 is 18.4 Å². The molecule has 0 unspecified atom stereocenters. The number of hydrogen-bond acceptors (Lipinski definition) is 5. The smallest absolute Gasteiger partial charge is 0.264 e. The van der Waals surface area contributed by atoms with Gasteiger partial charge in [0.1, 0.15) is 5.56 Å². The van der Waals surface area contributed by atoms with Crippen molar-refractivity contribution in [3.05, 3.63) is 51.0 Å². The van der Waals surface area contributed by atoms with Crippen molar-refractivity contribution in [3.8, 4) is 11.6 Å². The molecule has 0 atom stereocenters. The fourth-order valence-electron chi connectivity index (χ4n) is 2.48. The molecule has 0 aliphatic carbocycles. The Morgan fingerprint density at radius 2 is 2.00 bits per heavy atom. The SMILES string of the molecule is CC[NH+](CC)CCN/N=C/c1c(O)n(-c2ccccc2)c(=S)[nH]c1=O. The largest absolute Gasteiger partial charge is 0.494 e. The minimum Gasteiger partial charge on any atom is -0.494 e. The molecule has 0 bridgehead atoms. The molecular weight excluding hydrogens is 338 g/mol. The predicted molar refractivity (Wildman–Crippen MR) is 101 cm³/mol. The molecule has 1 heterocycles. The third-order valence-corrected chi connectivity index (χ3v) is 4.30. The van der Waals surface area contributed by atoms with Gasteiger partial charge in [0.05, 0.1) is 38.1 Å². The molecule has 4 N–H and O–H groups in total. The second kappa shape index (κ2) is 9.14. The number of benzene rings is 1. The van der Waals surface area contributed by atoms with E-state index in [4.69, 9.17) is 12.2 Å². The fourth-order valence-corrected chi connectivity index (χ4v) is 2.77. The molecule has 1 aromatic heterocycles. The number of rotatable bonds is 8. The summed E-state index contributed by atoms with van der Waals surface area (Å²) in [7, 11) is 0. The van der Waals surface area contributed by atoms with Crippen LogP contribution in [0.15, 0.2) is 40.2 Å². The lowest BCUT2D eigenvalue weighted by molar-refractivity contribution is -0.895. The fraction of sp³-hybridized carbons (Fsp3) is 0.353. The summed E-state index contributed by atoms with van der Waals surface area (Å²) in [5.74, 6) is -0.236. The van der Waals surface area contributed by atoms with Crippen molar-refractivity contribution in [2.24, 2.45) is 5.10 Å². The van der Waals surface area contributed by atoms with Gasteiger partial charge >= 0.3 is 0 Å². The Morgan fingerprint density at radius 1 is 1.32 bits per heavy atom. The van der Waals surface area contributed by atoms with E-state index in [1.54, 1.807) is 12.1 Å². The maximum absolute atomic E-state index is 12.1.